The van der Waals surface area contributed by atoms with E-state index in [4.69, 9.17) is 0 Å². The molecule has 85 valence electrons. The molecule has 0 rings (SSSR count). The molecule has 0 aliphatic heterocycles. The molecule has 0 aromatic rings. The van der Waals surface area contributed by atoms with Crippen LogP contribution in [0.2, 0.25) is 0 Å². The summed E-state index contributed by atoms with van der Waals surface area (Å²) in [6.45, 7) is 16.0. The fraction of sp³-hybridized carbons (Fsp3) is 1.00. The van der Waals surface area contributed by atoms with E-state index in [0.717, 1.165) is 0 Å². The molecule has 3 radical (unpaired) electrons. The lowest BCUT2D eigenvalue weighted by Gasteiger charge is -1.07. The molecule has 1 heteroatoms. The molecule has 0 bridgehead atoms. The highest BCUT2D eigenvalue weighted by molar-refractivity contribution is 5.75. The minimum Gasteiger partial charge on any atom is -0.0776 e. The second kappa shape index (κ2) is 266000. The van der Waals surface area contributed by atoms with Crippen molar-refractivity contribution in [3.63, 3.8) is 0 Å². The van der Waals surface area contributed by atoms with Crippen molar-refractivity contribution in [1.82, 2.24) is 0 Å². The van der Waals surface area contributed by atoms with E-state index >= 15 is 0 Å². The van der Waals surface area contributed by atoms with Gasteiger partial charge in [0, 0.05) is 9.84 Å². The van der Waals surface area contributed by atoms with Crippen molar-refractivity contribution in [3.8, 4) is 0 Å². The Bertz CT molecular complexity index is 10.1. The topological polar surface area (TPSA) is 0 Å². The summed E-state index contributed by atoms with van der Waals surface area (Å²) >= 11 is 0. The van der Waals surface area contributed by atoms with Crippen molar-refractivity contribution in [2.45, 2.75) is 77.7 Å². The zero-order chi connectivity index (χ0) is 8.00. The Balaban J connectivity index is -0.00000000208. The fourth-order valence-corrected chi connectivity index (χ4v) is 0. The van der Waals surface area contributed by atoms with Crippen LogP contribution in [0.1, 0.15) is 79.1 Å². The van der Waals surface area contributed by atoms with Gasteiger partial charge >= 0.3 is 0 Å². The van der Waals surface area contributed by atoms with Gasteiger partial charge in [-0.2, -0.15) is 0 Å². The van der Waals surface area contributed by atoms with E-state index < -0.39 is 0 Å². The molecule has 0 atom stereocenters. The van der Waals surface area contributed by atoms with Gasteiger partial charge in [0.05, 0.1) is 0 Å². The fourth-order valence-electron chi connectivity index (χ4n) is 0. The van der Waals surface area contributed by atoms with E-state index in [1.165, 1.54) is 0 Å². The van der Waals surface area contributed by atoms with E-state index in [1.807, 2.05) is 55.4 Å². The van der Waals surface area contributed by atoms with Crippen LogP contribution in [0.3, 0.4) is 0 Å². The van der Waals surface area contributed by atoms with Crippen LogP contribution in [0, 0.1) is 0 Å². The second-order valence-electron chi connectivity index (χ2n) is 0. The lowest BCUT2D eigenvalue weighted by Crippen LogP contribution is -0.856. The van der Waals surface area contributed by atoms with Crippen molar-refractivity contribution in [2.24, 2.45) is 0 Å². The predicted molar refractivity (Wildman–Crippen MR) is 73.5 cm³/mol. The first kappa shape index (κ1) is 89.4. The maximum absolute atomic E-state index is 2.00. The first-order valence-electron chi connectivity index (χ1n) is 4.00. The summed E-state index contributed by atoms with van der Waals surface area (Å²) in [4.78, 5) is 0. The predicted octanol–water partition coefficient (Wildman–Crippen LogP) is 5.88. The molecule has 0 amide bonds. The van der Waals surface area contributed by atoms with Crippen LogP contribution in [-0.4, -0.2) is 8.41 Å². The van der Waals surface area contributed by atoms with Crippen molar-refractivity contribution < 1.29 is 1.43 Å². The normalized spacial score (nSPS) is 2.00. The highest BCUT2D eigenvalue weighted by Gasteiger charge is 0.938. The zero-order valence-corrected chi connectivity index (χ0v) is 8.58. The van der Waals surface area contributed by atoms with E-state index in [1.54, 1.807) is 0 Å². The summed E-state index contributed by atoms with van der Waals surface area (Å²) in [5.74, 6) is 0. The third-order valence-electron chi connectivity index (χ3n) is 0. The van der Waals surface area contributed by atoms with Gasteiger partial charge in [-0.25, -0.2) is 0 Å². The molecular weight excluding hydrogens is 143 g/mol. The summed E-state index contributed by atoms with van der Waals surface area (Å²) in [6.07, 6.45) is 0. The molecule has 0 unspecified atom stereocenters. The summed E-state index contributed by atoms with van der Waals surface area (Å²) in [6, 6.07) is 0. The molecule has 0 N–H and O–H groups in total. The molecule has 0 saturated heterocycles. The molecule has 0 aliphatic rings. The Labute approximate surface area is 88.2 Å². The Morgan fingerprint density at radius 1 is 0.417 bits per heavy atom. The van der Waals surface area contributed by atoms with Crippen molar-refractivity contribution in [3.05, 3.63) is 0 Å². The maximum atomic E-state index is 2.00. The Hall–Kier alpha value is 0.0649. The van der Waals surface area contributed by atoms with Crippen LogP contribution in [0.15, 0.2) is 0 Å². The molecule has 0 fully saturated rings. The minimum absolute atomic E-state index is 0. The highest BCUT2D eigenvalue weighted by atomic mass is 13.0. The van der Waals surface area contributed by atoms with Gasteiger partial charge in [-0.1, -0.05) is 77.7 Å². The number of rotatable bonds is 0. The van der Waals surface area contributed by atoms with E-state index in [2.05, 4.69) is 0 Å². The molecule has 0 aromatic carbocycles. The van der Waals surface area contributed by atoms with Gasteiger partial charge in [-0.05, 0) is 0 Å². The van der Waals surface area contributed by atoms with Gasteiger partial charge in [0.2, 0.25) is 0 Å². The van der Waals surface area contributed by atoms with Crippen LogP contribution in [0.25, 0.3) is 0 Å². The summed E-state index contributed by atoms with van der Waals surface area (Å²) < 4.78 is 0. The SMILES string of the molecule is C.C.C.CC.CC.CC.CC.[2HH].[B]. The summed E-state index contributed by atoms with van der Waals surface area (Å²) in [7, 11) is 0. The molecule has 0 aromatic heterocycles. The Morgan fingerprint density at radius 3 is 0.417 bits per heavy atom. The van der Waals surface area contributed by atoms with Gasteiger partial charge in [-0.15, -0.1) is 0 Å². The highest BCUT2D eigenvalue weighted by Crippen LogP contribution is 1.15. The van der Waals surface area contributed by atoms with Crippen LogP contribution < -0.4 is 0 Å². The van der Waals surface area contributed by atoms with Crippen LogP contribution in [0.5, 0.6) is 0 Å². The molecule has 0 nitrogen and oxygen atoms in total. The van der Waals surface area contributed by atoms with E-state index in [9.17, 15) is 0 Å². The van der Waals surface area contributed by atoms with Crippen molar-refractivity contribution >= 4 is 8.41 Å². The molecule has 0 spiro atoms. The second-order valence-corrected chi connectivity index (χ2v) is 0. The van der Waals surface area contributed by atoms with Gasteiger partial charge in [0.25, 0.3) is 0 Å². The largest absolute Gasteiger partial charge is 0.0776 e. The minimum atomic E-state index is 0. The zero-order valence-electron chi connectivity index (χ0n) is 8.58. The maximum Gasteiger partial charge on any atom is 0 e. The molecule has 0 saturated carbocycles. The van der Waals surface area contributed by atoms with Gasteiger partial charge in [0.15, 0.2) is 0 Å². The van der Waals surface area contributed by atoms with Crippen molar-refractivity contribution in [2.75, 3.05) is 0 Å². The van der Waals surface area contributed by atoms with Gasteiger partial charge in [-0.3, -0.25) is 0 Å². The van der Waals surface area contributed by atoms with E-state index in [-0.39, 0.29) is 32.1 Å². The monoisotopic (exact) mass is 182 g/mol. The molecular formula is C11H38B. The standard InChI is InChI=1S/4C2H6.3CH4.B.H2/c4*1-2;;;;;/h4*1-2H3;3*1H4;;1H/i;;;;;;;;1+1. The number of hydrogen-bond donors (Lipinski definition) is 0. The average molecular weight is 182 g/mol. The first-order valence-corrected chi connectivity index (χ1v) is 4.00. The summed E-state index contributed by atoms with van der Waals surface area (Å²) in [5.41, 5.74) is 0. The van der Waals surface area contributed by atoms with Gasteiger partial charge in [0.1, 0.15) is 0 Å². The molecule has 12 heavy (non-hydrogen) atoms. The third kappa shape index (κ3) is 196000. The molecule has 0 heterocycles. The third-order valence-corrected chi connectivity index (χ3v) is 0. The quantitative estimate of drug-likeness (QED) is 0.410. The van der Waals surface area contributed by atoms with Crippen molar-refractivity contribution in [1.29, 1.82) is 0 Å². The van der Waals surface area contributed by atoms with Crippen LogP contribution in [0.4, 0.5) is 0 Å². The Morgan fingerprint density at radius 2 is 0.417 bits per heavy atom. The van der Waals surface area contributed by atoms with Crippen LogP contribution in [-0.2, 0) is 0 Å². The van der Waals surface area contributed by atoms with E-state index in [0.29, 0.717) is 0 Å². The Kier molecular flexibility index (Phi) is 1980000. The smallest absolute Gasteiger partial charge is 0 e. The lowest BCUT2D eigenvalue weighted by molar-refractivity contribution is 1.50. The first-order chi connectivity index (χ1) is 4.00. The number of hydrogen-bond acceptors (Lipinski definition) is 0. The average Bonchev–Trinajstić information content (AvgIpc) is 2.03. The van der Waals surface area contributed by atoms with Gasteiger partial charge < -0.3 is 0 Å². The summed E-state index contributed by atoms with van der Waals surface area (Å²) in [5, 5.41) is 0. The lowest BCUT2D eigenvalue weighted by atomic mass is 10.8. The molecule has 0 aliphatic carbocycles. The van der Waals surface area contributed by atoms with Crippen LogP contribution >= 0.6 is 0 Å².